The Morgan fingerprint density at radius 2 is 1.72 bits per heavy atom. The van der Waals surface area contributed by atoms with Crippen LogP contribution in [-0.2, 0) is 20.7 Å². The molecule has 3 aromatic rings. The summed E-state index contributed by atoms with van der Waals surface area (Å²) in [6, 6.07) is 21.1. The Bertz CT molecular complexity index is 1280. The lowest BCUT2D eigenvalue weighted by Crippen LogP contribution is -2.43. The topological polar surface area (TPSA) is 104 Å². The first-order valence-corrected chi connectivity index (χ1v) is 13.2. The van der Waals surface area contributed by atoms with Crippen LogP contribution in [0.25, 0.3) is 0 Å². The number of carbonyl (C=O) groups is 3. The number of rotatable bonds is 7. The van der Waals surface area contributed by atoms with Gasteiger partial charge in [-0.05, 0) is 43.2 Å². The summed E-state index contributed by atoms with van der Waals surface area (Å²) in [5, 5.41) is 2.76. The molecule has 4 atom stereocenters. The van der Waals surface area contributed by atoms with Gasteiger partial charge >= 0.3 is 11.9 Å². The molecule has 2 heterocycles. The van der Waals surface area contributed by atoms with Gasteiger partial charge < -0.3 is 19.5 Å². The molecular formula is C31H34N2O6. The van der Waals surface area contributed by atoms with Gasteiger partial charge in [-0.25, -0.2) is 9.78 Å². The Kier molecular flexibility index (Phi) is 9.31. The van der Waals surface area contributed by atoms with Gasteiger partial charge in [0.05, 0.1) is 7.11 Å². The van der Waals surface area contributed by atoms with E-state index in [4.69, 9.17) is 14.2 Å². The molecule has 0 saturated carbocycles. The molecule has 0 radical (unpaired) electrons. The van der Waals surface area contributed by atoms with Crippen molar-refractivity contribution in [2.24, 2.45) is 5.92 Å². The second-order valence-electron chi connectivity index (χ2n) is 9.77. The molecule has 0 spiro atoms. The fourth-order valence-electron chi connectivity index (χ4n) is 5.32. The number of esters is 2. The first kappa shape index (κ1) is 27.8. The minimum Gasteiger partial charge on any atom is -0.493 e. The van der Waals surface area contributed by atoms with E-state index in [0.29, 0.717) is 12.8 Å². The van der Waals surface area contributed by atoms with E-state index < -0.39 is 30.0 Å². The van der Waals surface area contributed by atoms with Crippen molar-refractivity contribution in [2.75, 3.05) is 7.11 Å². The minimum absolute atomic E-state index is 0.0135. The van der Waals surface area contributed by atoms with Crippen molar-refractivity contribution in [1.82, 2.24) is 10.3 Å². The minimum atomic E-state index is -0.884. The van der Waals surface area contributed by atoms with E-state index in [9.17, 15) is 14.4 Å². The highest BCUT2D eigenvalue weighted by molar-refractivity contribution is 5.98. The van der Waals surface area contributed by atoms with Crippen LogP contribution < -0.4 is 14.8 Å². The fraction of sp³-hybridized carbons (Fsp3) is 0.355. The zero-order valence-electron chi connectivity index (χ0n) is 22.5. The van der Waals surface area contributed by atoms with E-state index in [0.717, 1.165) is 18.4 Å². The summed E-state index contributed by atoms with van der Waals surface area (Å²) < 4.78 is 16.5. The average molecular weight is 531 g/mol. The number of benzene rings is 2. The number of cyclic esters (lactones) is 1. The SMILES string of the molecule is COc1ccnc(C(=O)NC2CCCC(Cc3ccccc3)C(c3ccccc3)C(C)OC2=O)c1OC(C)=O. The Morgan fingerprint density at radius 3 is 2.38 bits per heavy atom. The van der Waals surface area contributed by atoms with Gasteiger partial charge in [0.25, 0.3) is 5.91 Å². The van der Waals surface area contributed by atoms with Gasteiger partial charge in [0, 0.05) is 25.1 Å². The Morgan fingerprint density at radius 1 is 1.03 bits per heavy atom. The van der Waals surface area contributed by atoms with E-state index in [1.165, 1.54) is 31.9 Å². The molecule has 204 valence electrons. The van der Waals surface area contributed by atoms with Crippen LogP contribution in [0.2, 0.25) is 0 Å². The van der Waals surface area contributed by atoms with Crippen molar-refractivity contribution in [3.8, 4) is 11.5 Å². The highest BCUT2D eigenvalue weighted by Crippen LogP contribution is 2.37. The van der Waals surface area contributed by atoms with Crippen LogP contribution in [0.5, 0.6) is 11.5 Å². The molecule has 8 heteroatoms. The molecule has 0 bridgehead atoms. The third-order valence-electron chi connectivity index (χ3n) is 7.05. The van der Waals surface area contributed by atoms with Gasteiger partial charge in [-0.15, -0.1) is 0 Å². The first-order chi connectivity index (χ1) is 18.9. The Balaban J connectivity index is 1.58. The molecule has 1 saturated heterocycles. The molecule has 1 amide bonds. The molecule has 1 fully saturated rings. The molecule has 1 aliphatic rings. The van der Waals surface area contributed by atoms with Gasteiger partial charge in [-0.3, -0.25) is 9.59 Å². The maximum atomic E-state index is 13.4. The van der Waals surface area contributed by atoms with E-state index >= 15 is 0 Å². The number of ether oxygens (including phenoxy) is 3. The van der Waals surface area contributed by atoms with Crippen LogP contribution in [0.4, 0.5) is 0 Å². The molecule has 0 aliphatic carbocycles. The molecule has 39 heavy (non-hydrogen) atoms. The molecule has 1 aliphatic heterocycles. The third-order valence-corrected chi connectivity index (χ3v) is 7.05. The number of carbonyl (C=O) groups excluding carboxylic acids is 3. The van der Waals surface area contributed by atoms with Crippen molar-refractivity contribution in [1.29, 1.82) is 0 Å². The van der Waals surface area contributed by atoms with Crippen LogP contribution in [0.15, 0.2) is 72.9 Å². The molecule has 4 rings (SSSR count). The van der Waals surface area contributed by atoms with Crippen molar-refractivity contribution >= 4 is 17.8 Å². The zero-order chi connectivity index (χ0) is 27.8. The predicted octanol–water partition coefficient (Wildman–Crippen LogP) is 4.87. The number of methoxy groups -OCH3 is 1. The summed E-state index contributed by atoms with van der Waals surface area (Å²) in [6.07, 6.45) is 3.75. The quantitative estimate of drug-likeness (QED) is 0.435. The highest BCUT2D eigenvalue weighted by Gasteiger charge is 2.35. The van der Waals surface area contributed by atoms with E-state index in [1.54, 1.807) is 0 Å². The molecule has 1 aromatic heterocycles. The van der Waals surface area contributed by atoms with Gasteiger partial charge in [0.15, 0.2) is 11.4 Å². The number of hydrogen-bond acceptors (Lipinski definition) is 7. The number of amides is 1. The van der Waals surface area contributed by atoms with Crippen molar-refractivity contribution in [3.05, 3.63) is 89.7 Å². The van der Waals surface area contributed by atoms with E-state index in [1.807, 2.05) is 43.3 Å². The second-order valence-corrected chi connectivity index (χ2v) is 9.77. The number of nitrogens with zero attached hydrogens (tertiary/aromatic N) is 1. The predicted molar refractivity (Wildman–Crippen MR) is 146 cm³/mol. The number of aromatic nitrogens is 1. The van der Waals surface area contributed by atoms with Crippen LogP contribution in [-0.4, -0.2) is 42.1 Å². The molecular weight excluding hydrogens is 496 g/mol. The first-order valence-electron chi connectivity index (χ1n) is 13.2. The molecule has 1 N–H and O–H groups in total. The largest absolute Gasteiger partial charge is 0.493 e. The summed E-state index contributed by atoms with van der Waals surface area (Å²) in [6.45, 7) is 3.14. The molecule has 8 nitrogen and oxygen atoms in total. The zero-order valence-corrected chi connectivity index (χ0v) is 22.5. The summed E-state index contributed by atoms with van der Waals surface area (Å²) in [4.78, 5) is 42.4. The maximum absolute atomic E-state index is 13.4. The van der Waals surface area contributed by atoms with Gasteiger partial charge in [0.2, 0.25) is 5.75 Å². The normalized spacial score (nSPS) is 21.5. The van der Waals surface area contributed by atoms with Gasteiger partial charge in [-0.1, -0.05) is 67.1 Å². The average Bonchev–Trinajstić information content (AvgIpc) is 2.98. The lowest BCUT2D eigenvalue weighted by Gasteiger charge is -2.32. The van der Waals surface area contributed by atoms with Crippen LogP contribution in [0.3, 0.4) is 0 Å². The van der Waals surface area contributed by atoms with Crippen LogP contribution in [0.1, 0.15) is 60.6 Å². The lowest BCUT2D eigenvalue weighted by atomic mass is 9.76. The van der Waals surface area contributed by atoms with Crippen molar-refractivity contribution in [3.63, 3.8) is 0 Å². The fourth-order valence-corrected chi connectivity index (χ4v) is 5.32. The Labute approximate surface area is 228 Å². The standard InChI is InChI=1S/C31H34N2O6/c1-20-27(23-13-8-5-9-14-23)24(19-22-11-6-4-7-12-22)15-10-16-25(31(36)38-20)33-30(35)28-29(39-21(2)34)26(37-3)17-18-32-28/h4-9,11-14,17-18,20,24-25,27H,10,15-16,19H2,1-3H3,(H,33,35). The Hall–Kier alpha value is -4.20. The van der Waals surface area contributed by atoms with Crippen molar-refractivity contribution in [2.45, 2.75) is 57.6 Å². The third kappa shape index (κ3) is 7.02. The number of nitrogens with one attached hydrogen (secondary N) is 1. The van der Waals surface area contributed by atoms with Gasteiger partial charge in [-0.2, -0.15) is 0 Å². The van der Waals surface area contributed by atoms with Crippen molar-refractivity contribution < 1.29 is 28.6 Å². The van der Waals surface area contributed by atoms with Crippen LogP contribution >= 0.6 is 0 Å². The summed E-state index contributed by atoms with van der Waals surface area (Å²) in [7, 11) is 1.40. The lowest BCUT2D eigenvalue weighted by molar-refractivity contribution is -0.152. The summed E-state index contributed by atoms with van der Waals surface area (Å²) in [5.41, 5.74) is 2.20. The van der Waals surface area contributed by atoms with Gasteiger partial charge in [0.1, 0.15) is 12.1 Å². The monoisotopic (exact) mass is 530 g/mol. The van der Waals surface area contributed by atoms with E-state index in [2.05, 4.69) is 34.6 Å². The smallest absolute Gasteiger partial charge is 0.328 e. The van der Waals surface area contributed by atoms with E-state index in [-0.39, 0.29) is 29.0 Å². The maximum Gasteiger partial charge on any atom is 0.328 e. The van der Waals surface area contributed by atoms with Crippen LogP contribution in [0, 0.1) is 5.92 Å². The number of pyridine rings is 1. The summed E-state index contributed by atoms with van der Waals surface area (Å²) >= 11 is 0. The molecule has 4 unspecified atom stereocenters. The number of hydrogen-bond donors (Lipinski definition) is 1. The summed E-state index contributed by atoms with van der Waals surface area (Å²) in [5.74, 6) is -1.48. The molecule has 2 aromatic carbocycles. The highest BCUT2D eigenvalue weighted by atomic mass is 16.6. The second kappa shape index (κ2) is 13.0.